The van der Waals surface area contributed by atoms with Crippen molar-refractivity contribution in [3.8, 4) is 0 Å². The lowest BCUT2D eigenvalue weighted by atomic mass is 9.98. The van der Waals surface area contributed by atoms with Gasteiger partial charge in [-0.05, 0) is 23.7 Å². The predicted molar refractivity (Wildman–Crippen MR) is 62.1 cm³/mol. The maximum Gasteiger partial charge on any atom is 0.416 e. The van der Waals surface area contributed by atoms with E-state index in [-0.39, 0.29) is 10.8 Å². The van der Waals surface area contributed by atoms with Crippen LogP contribution in [0.3, 0.4) is 0 Å². The van der Waals surface area contributed by atoms with Gasteiger partial charge in [0.05, 0.1) is 17.9 Å². The van der Waals surface area contributed by atoms with Crippen LogP contribution in [-0.4, -0.2) is 4.98 Å². The van der Waals surface area contributed by atoms with Gasteiger partial charge in [-0.25, -0.2) is 5.43 Å². The highest BCUT2D eigenvalue weighted by atomic mass is 35.5. The molecule has 0 amide bonds. The minimum Gasteiger partial charge on any atom is -0.453 e. The fourth-order valence-corrected chi connectivity index (χ4v) is 1.98. The van der Waals surface area contributed by atoms with Crippen molar-refractivity contribution in [2.75, 3.05) is 0 Å². The zero-order valence-electron chi connectivity index (χ0n) is 9.41. The third kappa shape index (κ3) is 2.73. The number of aromatic nitrogens is 1. The summed E-state index contributed by atoms with van der Waals surface area (Å²) in [6.07, 6.45) is -1.08. The molecule has 1 atom stereocenters. The number of furan rings is 1. The van der Waals surface area contributed by atoms with Gasteiger partial charge in [-0.3, -0.25) is 10.8 Å². The smallest absolute Gasteiger partial charge is 0.416 e. The van der Waals surface area contributed by atoms with E-state index in [9.17, 15) is 13.2 Å². The first-order valence-corrected chi connectivity index (χ1v) is 5.53. The Hall–Kier alpha value is -1.57. The van der Waals surface area contributed by atoms with Gasteiger partial charge in [0.2, 0.25) is 0 Å². The van der Waals surface area contributed by atoms with Gasteiger partial charge in [-0.2, -0.15) is 13.2 Å². The van der Waals surface area contributed by atoms with Crippen LogP contribution in [0.4, 0.5) is 13.2 Å². The molecule has 0 aliphatic heterocycles. The topological polar surface area (TPSA) is 64.1 Å². The van der Waals surface area contributed by atoms with Gasteiger partial charge in [0.25, 0.3) is 0 Å². The average molecular weight is 292 g/mol. The third-order valence-corrected chi connectivity index (χ3v) is 2.90. The van der Waals surface area contributed by atoms with Gasteiger partial charge in [-0.15, -0.1) is 0 Å². The first-order chi connectivity index (χ1) is 8.95. The second-order valence-electron chi connectivity index (χ2n) is 3.71. The number of hydrogen-bond donors (Lipinski definition) is 2. The van der Waals surface area contributed by atoms with E-state index in [1.165, 1.54) is 12.3 Å². The van der Waals surface area contributed by atoms with Gasteiger partial charge >= 0.3 is 6.18 Å². The minimum absolute atomic E-state index is 0.0278. The number of nitrogens with zero attached hydrogens (tertiary/aromatic N) is 1. The number of nitrogens with two attached hydrogens (primary N) is 1. The Labute approximate surface area is 111 Å². The summed E-state index contributed by atoms with van der Waals surface area (Å²) in [6.45, 7) is 0. The summed E-state index contributed by atoms with van der Waals surface area (Å²) in [4.78, 5) is 3.70. The van der Waals surface area contributed by atoms with Crippen LogP contribution < -0.4 is 11.3 Å². The highest BCUT2D eigenvalue weighted by Gasteiger charge is 2.36. The van der Waals surface area contributed by atoms with Crippen molar-refractivity contribution in [3.05, 3.63) is 52.7 Å². The van der Waals surface area contributed by atoms with E-state index in [0.717, 1.165) is 18.5 Å². The number of alkyl halides is 3. The van der Waals surface area contributed by atoms with E-state index in [1.54, 1.807) is 0 Å². The predicted octanol–water partition coefficient (Wildman–Crippen LogP) is 2.90. The summed E-state index contributed by atoms with van der Waals surface area (Å²) >= 11 is 5.77. The highest BCUT2D eigenvalue weighted by molar-refractivity contribution is 6.29. The van der Waals surface area contributed by atoms with Crippen LogP contribution in [0.1, 0.15) is 22.7 Å². The number of pyridine rings is 1. The fourth-order valence-electron chi connectivity index (χ4n) is 1.75. The Kier molecular flexibility index (Phi) is 3.79. The van der Waals surface area contributed by atoms with Crippen molar-refractivity contribution in [1.82, 2.24) is 10.4 Å². The summed E-state index contributed by atoms with van der Waals surface area (Å²) in [6, 6.07) is 1.37. The second-order valence-corrected chi connectivity index (χ2v) is 4.05. The summed E-state index contributed by atoms with van der Waals surface area (Å²) < 4.78 is 43.7. The van der Waals surface area contributed by atoms with Gasteiger partial charge in [0.15, 0.2) is 5.22 Å². The largest absolute Gasteiger partial charge is 0.453 e. The standard InChI is InChI=1S/C11H9ClF3N3O/c12-10-6(2-4-19-10)9(18-16)7-5-17-3-1-8(7)11(13,14)15/h1-5,9,18H,16H2. The Morgan fingerprint density at radius 3 is 2.58 bits per heavy atom. The molecule has 102 valence electrons. The number of hydrogen-bond acceptors (Lipinski definition) is 4. The molecule has 0 fully saturated rings. The van der Waals surface area contributed by atoms with Crippen LogP contribution in [-0.2, 0) is 6.18 Å². The lowest BCUT2D eigenvalue weighted by molar-refractivity contribution is -0.138. The van der Waals surface area contributed by atoms with Gasteiger partial charge in [0, 0.05) is 23.5 Å². The fraction of sp³-hybridized carbons (Fsp3) is 0.182. The third-order valence-electron chi connectivity index (χ3n) is 2.59. The lowest BCUT2D eigenvalue weighted by Crippen LogP contribution is -2.30. The van der Waals surface area contributed by atoms with E-state index in [1.807, 2.05) is 0 Å². The maximum atomic E-state index is 12.9. The molecule has 2 heterocycles. The zero-order valence-corrected chi connectivity index (χ0v) is 10.2. The van der Waals surface area contributed by atoms with Gasteiger partial charge in [0.1, 0.15) is 0 Å². The van der Waals surface area contributed by atoms with Gasteiger partial charge < -0.3 is 4.42 Å². The summed E-state index contributed by atoms with van der Waals surface area (Å²) in [5.74, 6) is 5.33. The summed E-state index contributed by atoms with van der Waals surface area (Å²) in [5.41, 5.74) is 1.64. The molecular weight excluding hydrogens is 283 g/mol. The lowest BCUT2D eigenvalue weighted by Gasteiger charge is -2.19. The zero-order chi connectivity index (χ0) is 14.0. The van der Waals surface area contributed by atoms with Crippen molar-refractivity contribution in [2.24, 2.45) is 5.84 Å². The molecule has 2 rings (SSSR count). The number of rotatable bonds is 3. The highest BCUT2D eigenvalue weighted by Crippen LogP contribution is 2.37. The molecule has 1 unspecified atom stereocenters. The molecule has 0 saturated heterocycles. The molecule has 0 radical (unpaired) electrons. The molecule has 2 aromatic rings. The first-order valence-electron chi connectivity index (χ1n) is 5.15. The molecule has 4 nitrogen and oxygen atoms in total. The van der Waals surface area contributed by atoms with E-state index in [0.29, 0.717) is 5.56 Å². The Morgan fingerprint density at radius 2 is 2.05 bits per heavy atom. The molecule has 0 aliphatic rings. The van der Waals surface area contributed by atoms with E-state index >= 15 is 0 Å². The van der Waals surface area contributed by atoms with Crippen molar-refractivity contribution in [2.45, 2.75) is 12.2 Å². The SMILES string of the molecule is NNC(c1cnccc1C(F)(F)F)c1ccoc1Cl. The molecule has 8 heteroatoms. The van der Waals surface area contributed by atoms with Crippen LogP contribution in [0.2, 0.25) is 5.22 Å². The number of hydrazine groups is 1. The molecule has 2 aromatic heterocycles. The van der Waals surface area contributed by atoms with Crippen molar-refractivity contribution in [3.63, 3.8) is 0 Å². The van der Waals surface area contributed by atoms with E-state index < -0.39 is 17.8 Å². The number of nitrogens with one attached hydrogen (secondary N) is 1. The van der Waals surface area contributed by atoms with Crippen molar-refractivity contribution < 1.29 is 17.6 Å². The molecule has 0 spiro atoms. The van der Waals surface area contributed by atoms with Crippen LogP contribution in [0, 0.1) is 0 Å². The normalized spacial score (nSPS) is 13.5. The summed E-state index contributed by atoms with van der Waals surface area (Å²) in [5, 5.41) is -0.0278. The van der Waals surface area contributed by atoms with E-state index in [2.05, 4.69) is 10.4 Å². The monoisotopic (exact) mass is 291 g/mol. The maximum absolute atomic E-state index is 12.9. The van der Waals surface area contributed by atoms with Crippen LogP contribution in [0.15, 0.2) is 35.2 Å². The van der Waals surface area contributed by atoms with Crippen LogP contribution in [0.25, 0.3) is 0 Å². The average Bonchev–Trinajstić information content (AvgIpc) is 2.76. The first kappa shape index (κ1) is 13.9. The summed E-state index contributed by atoms with van der Waals surface area (Å²) in [7, 11) is 0. The molecular formula is C11H9ClF3N3O. The van der Waals surface area contributed by atoms with Crippen molar-refractivity contribution in [1.29, 1.82) is 0 Å². The minimum atomic E-state index is -4.51. The van der Waals surface area contributed by atoms with Crippen LogP contribution >= 0.6 is 11.6 Å². The molecule has 19 heavy (non-hydrogen) atoms. The quantitative estimate of drug-likeness (QED) is 0.674. The second kappa shape index (κ2) is 5.20. The Bertz CT molecular complexity index is 570. The molecule has 0 bridgehead atoms. The van der Waals surface area contributed by atoms with Crippen LogP contribution in [0.5, 0.6) is 0 Å². The van der Waals surface area contributed by atoms with E-state index in [4.69, 9.17) is 21.9 Å². The van der Waals surface area contributed by atoms with Crippen molar-refractivity contribution >= 4 is 11.6 Å². The molecule has 0 saturated carbocycles. The van der Waals surface area contributed by atoms with Gasteiger partial charge in [-0.1, -0.05) is 0 Å². The Balaban J connectivity index is 2.54. The number of halogens is 4. The Morgan fingerprint density at radius 1 is 1.32 bits per heavy atom. The molecule has 0 aliphatic carbocycles. The molecule has 3 N–H and O–H groups in total. The molecule has 0 aromatic carbocycles.